The zero-order valence-corrected chi connectivity index (χ0v) is 8.75. The maximum absolute atomic E-state index is 11.3. The summed E-state index contributed by atoms with van der Waals surface area (Å²) in [6.45, 7) is 0. The lowest BCUT2D eigenvalue weighted by Gasteiger charge is -2.31. The molecule has 2 atom stereocenters. The Morgan fingerprint density at radius 2 is 2.08 bits per heavy atom. The van der Waals surface area contributed by atoms with Gasteiger partial charge in [-0.3, -0.25) is 4.79 Å². The second-order valence-corrected chi connectivity index (χ2v) is 4.00. The van der Waals surface area contributed by atoms with E-state index in [9.17, 15) is 4.79 Å². The van der Waals surface area contributed by atoms with Crippen molar-refractivity contribution in [2.24, 2.45) is 5.92 Å². The van der Waals surface area contributed by atoms with Gasteiger partial charge in [-0.15, -0.1) is 0 Å². The topological polar surface area (TPSA) is 29.5 Å². The summed E-state index contributed by atoms with van der Waals surface area (Å²) in [5, 5.41) is 0. The summed E-state index contributed by atoms with van der Waals surface area (Å²) in [4.78, 5) is 13.5. The van der Waals surface area contributed by atoms with Crippen molar-refractivity contribution >= 4 is 5.97 Å². The SMILES string of the molecule is COC(=O)[C@H]1CCC[C@H](N(C)C)C1. The summed E-state index contributed by atoms with van der Waals surface area (Å²) >= 11 is 0. The van der Waals surface area contributed by atoms with Crippen LogP contribution in [0.5, 0.6) is 0 Å². The summed E-state index contributed by atoms with van der Waals surface area (Å²) in [7, 11) is 5.62. The Bertz CT molecular complexity index is 180. The predicted molar refractivity (Wildman–Crippen MR) is 51.4 cm³/mol. The molecule has 0 spiro atoms. The second-order valence-electron chi connectivity index (χ2n) is 4.00. The molecule has 3 heteroatoms. The van der Waals surface area contributed by atoms with Gasteiger partial charge in [-0.1, -0.05) is 6.42 Å². The van der Waals surface area contributed by atoms with Crippen molar-refractivity contribution in [2.75, 3.05) is 21.2 Å². The third-order valence-electron chi connectivity index (χ3n) is 2.91. The first-order valence-corrected chi connectivity index (χ1v) is 4.89. The Kier molecular flexibility index (Phi) is 3.72. The molecule has 0 bridgehead atoms. The van der Waals surface area contributed by atoms with Crippen molar-refractivity contribution < 1.29 is 9.53 Å². The van der Waals surface area contributed by atoms with Gasteiger partial charge in [-0.2, -0.15) is 0 Å². The predicted octanol–water partition coefficient (Wildman–Crippen LogP) is 1.28. The number of nitrogens with zero attached hydrogens (tertiary/aromatic N) is 1. The van der Waals surface area contributed by atoms with E-state index in [1.165, 1.54) is 13.5 Å². The summed E-state index contributed by atoms with van der Waals surface area (Å²) in [6.07, 6.45) is 4.31. The molecule has 0 aromatic heterocycles. The number of esters is 1. The molecular formula is C10H19NO2. The molecule has 1 aliphatic rings. The Morgan fingerprint density at radius 3 is 2.62 bits per heavy atom. The third-order valence-corrected chi connectivity index (χ3v) is 2.91. The molecule has 0 unspecified atom stereocenters. The molecule has 0 heterocycles. The van der Waals surface area contributed by atoms with Gasteiger partial charge in [0.05, 0.1) is 13.0 Å². The van der Waals surface area contributed by atoms with Crippen LogP contribution in [0.25, 0.3) is 0 Å². The number of carbonyl (C=O) groups excluding carboxylic acids is 1. The minimum Gasteiger partial charge on any atom is -0.469 e. The standard InChI is InChI=1S/C10H19NO2/c1-11(2)9-6-4-5-8(7-9)10(12)13-3/h8-9H,4-7H2,1-3H3/t8-,9-/m0/s1. The van der Waals surface area contributed by atoms with E-state index in [-0.39, 0.29) is 11.9 Å². The zero-order chi connectivity index (χ0) is 9.84. The van der Waals surface area contributed by atoms with Gasteiger partial charge in [0.1, 0.15) is 0 Å². The van der Waals surface area contributed by atoms with Crippen LogP contribution in [0.4, 0.5) is 0 Å². The molecule has 13 heavy (non-hydrogen) atoms. The largest absolute Gasteiger partial charge is 0.469 e. The summed E-state index contributed by atoms with van der Waals surface area (Å²) in [5.74, 6) is 0.0951. The van der Waals surface area contributed by atoms with E-state index < -0.39 is 0 Å². The molecule has 0 N–H and O–H groups in total. The van der Waals surface area contributed by atoms with Gasteiger partial charge in [0.25, 0.3) is 0 Å². The van der Waals surface area contributed by atoms with E-state index >= 15 is 0 Å². The van der Waals surface area contributed by atoms with E-state index in [0.29, 0.717) is 6.04 Å². The molecule has 0 aromatic rings. The fourth-order valence-electron chi connectivity index (χ4n) is 2.01. The molecule has 1 rings (SSSR count). The normalized spacial score (nSPS) is 28.9. The van der Waals surface area contributed by atoms with E-state index in [1.54, 1.807) is 0 Å². The van der Waals surface area contributed by atoms with E-state index in [4.69, 9.17) is 4.74 Å². The van der Waals surface area contributed by atoms with E-state index in [0.717, 1.165) is 19.3 Å². The van der Waals surface area contributed by atoms with Crippen LogP contribution < -0.4 is 0 Å². The molecule has 0 aromatic carbocycles. The van der Waals surface area contributed by atoms with Crippen LogP contribution in [0, 0.1) is 5.92 Å². The number of methoxy groups -OCH3 is 1. The smallest absolute Gasteiger partial charge is 0.308 e. The third kappa shape index (κ3) is 2.69. The van der Waals surface area contributed by atoms with E-state index in [1.807, 2.05) is 0 Å². The molecule has 1 fully saturated rings. The molecule has 0 aliphatic heterocycles. The van der Waals surface area contributed by atoms with Crippen molar-refractivity contribution in [2.45, 2.75) is 31.7 Å². The number of carbonyl (C=O) groups is 1. The van der Waals surface area contributed by atoms with Crippen molar-refractivity contribution in [1.29, 1.82) is 0 Å². The van der Waals surface area contributed by atoms with Crippen LogP contribution in [0.1, 0.15) is 25.7 Å². The monoisotopic (exact) mass is 185 g/mol. The average Bonchev–Trinajstić information content (AvgIpc) is 2.17. The summed E-state index contributed by atoms with van der Waals surface area (Å²) < 4.78 is 4.76. The molecule has 76 valence electrons. The second kappa shape index (κ2) is 4.61. The minimum absolute atomic E-state index is 0.0356. The highest BCUT2D eigenvalue weighted by Crippen LogP contribution is 2.27. The Labute approximate surface area is 80.1 Å². The first-order chi connectivity index (χ1) is 6.15. The summed E-state index contributed by atoms with van der Waals surface area (Å²) in [5.41, 5.74) is 0. The highest BCUT2D eigenvalue weighted by molar-refractivity contribution is 5.72. The lowest BCUT2D eigenvalue weighted by molar-refractivity contribution is -0.147. The molecule has 3 nitrogen and oxygen atoms in total. The number of rotatable bonds is 2. The van der Waals surface area contributed by atoms with Gasteiger partial charge in [0, 0.05) is 6.04 Å². The highest BCUT2D eigenvalue weighted by Gasteiger charge is 2.28. The van der Waals surface area contributed by atoms with Crippen LogP contribution in [0.3, 0.4) is 0 Å². The molecule has 1 saturated carbocycles. The lowest BCUT2D eigenvalue weighted by atomic mass is 9.85. The van der Waals surface area contributed by atoms with Crippen molar-refractivity contribution in [1.82, 2.24) is 4.90 Å². The molecular weight excluding hydrogens is 166 g/mol. The van der Waals surface area contributed by atoms with Gasteiger partial charge < -0.3 is 9.64 Å². The van der Waals surface area contributed by atoms with Crippen molar-refractivity contribution in [3.8, 4) is 0 Å². The molecule has 0 saturated heterocycles. The fourth-order valence-corrected chi connectivity index (χ4v) is 2.01. The summed E-state index contributed by atoms with van der Waals surface area (Å²) in [6, 6.07) is 0.554. The average molecular weight is 185 g/mol. The number of ether oxygens (including phenoxy) is 1. The maximum atomic E-state index is 11.3. The fraction of sp³-hybridized carbons (Fsp3) is 0.900. The molecule has 0 amide bonds. The van der Waals surface area contributed by atoms with E-state index in [2.05, 4.69) is 19.0 Å². The van der Waals surface area contributed by atoms with Crippen molar-refractivity contribution in [3.05, 3.63) is 0 Å². The first-order valence-electron chi connectivity index (χ1n) is 4.89. The van der Waals surface area contributed by atoms with Crippen molar-refractivity contribution in [3.63, 3.8) is 0 Å². The van der Waals surface area contributed by atoms with Crippen LogP contribution in [-0.2, 0) is 9.53 Å². The Balaban J connectivity index is 2.46. The highest BCUT2D eigenvalue weighted by atomic mass is 16.5. The maximum Gasteiger partial charge on any atom is 0.308 e. The van der Waals surface area contributed by atoms with Gasteiger partial charge in [0.15, 0.2) is 0 Å². The molecule has 0 radical (unpaired) electrons. The Morgan fingerprint density at radius 1 is 1.38 bits per heavy atom. The van der Waals surface area contributed by atoms with Crippen LogP contribution in [0.15, 0.2) is 0 Å². The van der Waals surface area contributed by atoms with Gasteiger partial charge >= 0.3 is 5.97 Å². The van der Waals surface area contributed by atoms with Crippen LogP contribution in [0.2, 0.25) is 0 Å². The zero-order valence-electron chi connectivity index (χ0n) is 8.75. The van der Waals surface area contributed by atoms with Gasteiger partial charge in [-0.25, -0.2) is 0 Å². The minimum atomic E-state index is -0.0356. The van der Waals surface area contributed by atoms with Gasteiger partial charge in [-0.05, 0) is 33.4 Å². The quantitative estimate of drug-likeness (QED) is 0.607. The van der Waals surface area contributed by atoms with Gasteiger partial charge in [0.2, 0.25) is 0 Å². The van der Waals surface area contributed by atoms with Crippen LogP contribution in [-0.4, -0.2) is 38.1 Å². The Hall–Kier alpha value is -0.570. The van der Waals surface area contributed by atoms with Crippen LogP contribution >= 0.6 is 0 Å². The lowest BCUT2D eigenvalue weighted by Crippen LogP contribution is -2.35. The molecule has 1 aliphatic carbocycles. The number of hydrogen-bond acceptors (Lipinski definition) is 3. The first kappa shape index (κ1) is 10.5. The number of hydrogen-bond donors (Lipinski definition) is 0.